The van der Waals surface area contributed by atoms with E-state index in [1.54, 1.807) is 11.0 Å². The van der Waals surface area contributed by atoms with Gasteiger partial charge in [0.05, 0.1) is 0 Å². The molecule has 24 heavy (non-hydrogen) atoms. The largest absolute Gasteiger partial charge is 0.338 e. The highest BCUT2D eigenvalue weighted by atomic mass is 16.2. The van der Waals surface area contributed by atoms with E-state index in [1.807, 2.05) is 17.9 Å². The highest BCUT2D eigenvalue weighted by Gasteiger charge is 2.27. The van der Waals surface area contributed by atoms with Gasteiger partial charge in [0.2, 0.25) is 5.91 Å². The molecule has 1 fully saturated rings. The first kappa shape index (κ1) is 18.6. The number of carbonyl (C=O) groups excluding carboxylic acids is 2. The third-order valence-electron chi connectivity index (χ3n) is 5.14. The molecule has 0 unspecified atom stereocenters. The molecule has 0 spiro atoms. The van der Waals surface area contributed by atoms with Crippen LogP contribution in [0.15, 0.2) is 23.3 Å². The molecule has 5 heteroatoms. The molecule has 1 saturated heterocycles. The minimum atomic E-state index is -0.0372. The van der Waals surface area contributed by atoms with Gasteiger partial charge >= 0.3 is 6.03 Å². The molecule has 0 atom stereocenters. The predicted molar refractivity (Wildman–Crippen MR) is 96.7 cm³/mol. The molecule has 1 aliphatic carbocycles. The number of hydrogen-bond acceptors (Lipinski definition) is 2. The number of piperazine rings is 1. The SMILES string of the molecule is CCNC(=O)N1CCN(C(=O)C=CC2=C(C)CCCC2(C)C)CC1. The minimum Gasteiger partial charge on any atom is -0.338 e. The fourth-order valence-electron chi connectivity index (χ4n) is 3.66. The van der Waals surface area contributed by atoms with E-state index >= 15 is 0 Å². The molecule has 2 aliphatic rings. The maximum absolute atomic E-state index is 12.5. The highest BCUT2D eigenvalue weighted by molar-refractivity contribution is 5.88. The van der Waals surface area contributed by atoms with Crippen molar-refractivity contribution < 1.29 is 9.59 Å². The average molecular weight is 333 g/mol. The van der Waals surface area contributed by atoms with Crippen LogP contribution < -0.4 is 5.32 Å². The van der Waals surface area contributed by atoms with E-state index in [2.05, 4.69) is 26.1 Å². The summed E-state index contributed by atoms with van der Waals surface area (Å²) in [6.07, 6.45) is 7.26. The molecule has 1 N–H and O–H groups in total. The fourth-order valence-corrected chi connectivity index (χ4v) is 3.66. The fraction of sp³-hybridized carbons (Fsp3) is 0.684. The smallest absolute Gasteiger partial charge is 0.317 e. The Morgan fingerprint density at radius 3 is 2.38 bits per heavy atom. The van der Waals surface area contributed by atoms with Gasteiger partial charge in [0, 0.05) is 38.8 Å². The van der Waals surface area contributed by atoms with Crippen LogP contribution in [0.2, 0.25) is 0 Å². The maximum atomic E-state index is 12.5. The van der Waals surface area contributed by atoms with Gasteiger partial charge in [-0.25, -0.2) is 4.79 Å². The Morgan fingerprint density at radius 1 is 1.17 bits per heavy atom. The van der Waals surface area contributed by atoms with Gasteiger partial charge in [-0.2, -0.15) is 0 Å². The van der Waals surface area contributed by atoms with Gasteiger partial charge in [0.25, 0.3) is 0 Å². The normalized spacial score (nSPS) is 21.3. The molecule has 0 radical (unpaired) electrons. The van der Waals surface area contributed by atoms with Crippen molar-refractivity contribution in [3.63, 3.8) is 0 Å². The average Bonchev–Trinajstić information content (AvgIpc) is 2.54. The lowest BCUT2D eigenvalue weighted by atomic mass is 9.72. The number of urea groups is 1. The molecule has 3 amide bonds. The van der Waals surface area contributed by atoms with Gasteiger partial charge in [-0.05, 0) is 44.1 Å². The van der Waals surface area contributed by atoms with Crippen molar-refractivity contribution in [1.82, 2.24) is 15.1 Å². The van der Waals surface area contributed by atoms with Gasteiger partial charge in [-0.15, -0.1) is 0 Å². The molecule has 0 aromatic rings. The molecule has 1 heterocycles. The molecule has 0 bridgehead atoms. The molecule has 2 rings (SSSR count). The van der Waals surface area contributed by atoms with E-state index in [-0.39, 0.29) is 17.4 Å². The molecule has 1 aliphatic heterocycles. The summed E-state index contributed by atoms with van der Waals surface area (Å²) in [6, 6.07) is -0.0372. The number of rotatable bonds is 3. The topological polar surface area (TPSA) is 52.7 Å². The predicted octanol–water partition coefficient (Wildman–Crippen LogP) is 2.94. The summed E-state index contributed by atoms with van der Waals surface area (Å²) < 4.78 is 0. The van der Waals surface area contributed by atoms with E-state index in [9.17, 15) is 9.59 Å². The van der Waals surface area contributed by atoms with Crippen LogP contribution in [-0.4, -0.2) is 54.5 Å². The Balaban J connectivity index is 1.93. The van der Waals surface area contributed by atoms with Crippen molar-refractivity contribution >= 4 is 11.9 Å². The second-order valence-corrected chi connectivity index (χ2v) is 7.41. The zero-order valence-corrected chi connectivity index (χ0v) is 15.5. The number of nitrogens with one attached hydrogen (secondary N) is 1. The summed E-state index contributed by atoms with van der Waals surface area (Å²) in [6.45, 7) is 11.6. The summed E-state index contributed by atoms with van der Waals surface area (Å²) in [4.78, 5) is 27.9. The number of hydrogen-bond donors (Lipinski definition) is 1. The van der Waals surface area contributed by atoms with Gasteiger partial charge in [0.15, 0.2) is 0 Å². The third kappa shape index (κ3) is 4.40. The molecular weight excluding hydrogens is 302 g/mol. The molecule has 0 aromatic carbocycles. The zero-order chi connectivity index (χ0) is 17.7. The lowest BCUT2D eigenvalue weighted by Crippen LogP contribution is -2.52. The number of amides is 3. The van der Waals surface area contributed by atoms with Crippen LogP contribution in [-0.2, 0) is 4.79 Å². The zero-order valence-electron chi connectivity index (χ0n) is 15.5. The molecule has 0 aromatic heterocycles. The standard InChI is InChI=1S/C19H31N3O2/c1-5-20-18(24)22-13-11-21(12-14-22)17(23)9-8-16-15(2)7-6-10-19(16,3)4/h8-9H,5-7,10-14H2,1-4H3,(H,20,24). The van der Waals surface area contributed by atoms with Crippen molar-refractivity contribution in [2.45, 2.75) is 47.0 Å². The number of nitrogens with zero attached hydrogens (tertiary/aromatic N) is 2. The maximum Gasteiger partial charge on any atom is 0.317 e. The van der Waals surface area contributed by atoms with Gasteiger partial charge in [0.1, 0.15) is 0 Å². The Morgan fingerprint density at radius 2 is 1.79 bits per heavy atom. The molecular formula is C19H31N3O2. The Hall–Kier alpha value is -1.78. The van der Waals surface area contributed by atoms with Crippen molar-refractivity contribution in [1.29, 1.82) is 0 Å². The summed E-state index contributed by atoms with van der Waals surface area (Å²) >= 11 is 0. The number of carbonyl (C=O) groups is 2. The summed E-state index contributed by atoms with van der Waals surface area (Å²) in [5.41, 5.74) is 2.86. The van der Waals surface area contributed by atoms with Crippen molar-refractivity contribution in [2.24, 2.45) is 5.41 Å². The van der Waals surface area contributed by atoms with Gasteiger partial charge < -0.3 is 15.1 Å². The Bertz CT molecular complexity index is 541. The lowest BCUT2D eigenvalue weighted by Gasteiger charge is -2.35. The van der Waals surface area contributed by atoms with Crippen LogP contribution in [0.1, 0.15) is 47.0 Å². The van der Waals surface area contributed by atoms with Crippen LogP contribution in [0.25, 0.3) is 0 Å². The van der Waals surface area contributed by atoms with Crippen LogP contribution in [0.4, 0.5) is 4.79 Å². The lowest BCUT2D eigenvalue weighted by molar-refractivity contribution is -0.127. The quantitative estimate of drug-likeness (QED) is 0.807. The summed E-state index contributed by atoms with van der Waals surface area (Å²) in [5, 5.41) is 2.80. The van der Waals surface area contributed by atoms with Crippen molar-refractivity contribution in [3.05, 3.63) is 23.3 Å². The minimum absolute atomic E-state index is 0.0372. The third-order valence-corrected chi connectivity index (χ3v) is 5.14. The number of allylic oxidation sites excluding steroid dienone is 3. The first-order valence-electron chi connectivity index (χ1n) is 9.05. The van der Waals surface area contributed by atoms with Crippen LogP contribution in [0.5, 0.6) is 0 Å². The second kappa shape index (κ2) is 7.86. The van der Waals surface area contributed by atoms with Crippen molar-refractivity contribution in [3.8, 4) is 0 Å². The van der Waals surface area contributed by atoms with E-state index in [0.29, 0.717) is 32.7 Å². The van der Waals surface area contributed by atoms with Gasteiger partial charge in [-0.1, -0.05) is 25.5 Å². The van der Waals surface area contributed by atoms with Crippen LogP contribution in [0, 0.1) is 5.41 Å². The van der Waals surface area contributed by atoms with E-state index in [1.165, 1.54) is 24.0 Å². The first-order chi connectivity index (χ1) is 11.3. The molecule has 5 nitrogen and oxygen atoms in total. The Labute approximate surface area is 145 Å². The van der Waals surface area contributed by atoms with E-state index < -0.39 is 0 Å². The highest BCUT2D eigenvalue weighted by Crippen LogP contribution is 2.40. The molecule has 0 saturated carbocycles. The summed E-state index contributed by atoms with van der Waals surface area (Å²) in [7, 11) is 0. The van der Waals surface area contributed by atoms with Crippen LogP contribution >= 0.6 is 0 Å². The van der Waals surface area contributed by atoms with Crippen LogP contribution in [0.3, 0.4) is 0 Å². The summed E-state index contributed by atoms with van der Waals surface area (Å²) in [5.74, 6) is 0.0484. The monoisotopic (exact) mass is 333 g/mol. The molecule has 134 valence electrons. The van der Waals surface area contributed by atoms with E-state index in [4.69, 9.17) is 0 Å². The van der Waals surface area contributed by atoms with Crippen molar-refractivity contribution in [2.75, 3.05) is 32.7 Å². The van der Waals surface area contributed by atoms with E-state index in [0.717, 1.165) is 6.42 Å². The first-order valence-corrected chi connectivity index (χ1v) is 9.05. The Kier molecular flexibility index (Phi) is 6.08. The van der Waals surface area contributed by atoms with Gasteiger partial charge in [-0.3, -0.25) is 4.79 Å². The second-order valence-electron chi connectivity index (χ2n) is 7.41.